The van der Waals surface area contributed by atoms with Gasteiger partial charge in [0, 0.05) is 42.5 Å². The largest absolute Gasteiger partial charge is 0.443 e. The van der Waals surface area contributed by atoms with Gasteiger partial charge in [0.05, 0.1) is 24.3 Å². The Morgan fingerprint density at radius 1 is 1.29 bits per heavy atom. The zero-order chi connectivity index (χ0) is 23.8. The van der Waals surface area contributed by atoms with Crippen LogP contribution in [0.25, 0.3) is 16.8 Å². The fourth-order valence-electron chi connectivity index (χ4n) is 4.20. The van der Waals surface area contributed by atoms with Crippen molar-refractivity contribution >= 4 is 23.2 Å². The molecule has 5 rings (SSSR count). The van der Waals surface area contributed by atoms with E-state index in [9.17, 15) is 4.79 Å². The molecule has 1 fully saturated rings. The molecule has 1 aliphatic carbocycles. The molecule has 4 aromatic rings. The second kappa shape index (κ2) is 8.76. The van der Waals surface area contributed by atoms with Gasteiger partial charge >= 0.3 is 6.09 Å². The number of rotatable bonds is 6. The molecule has 11 nitrogen and oxygen atoms in total. The number of carbonyl (C=O) groups excluding carboxylic acids is 1. The summed E-state index contributed by atoms with van der Waals surface area (Å²) in [4.78, 5) is 16.6. The molecule has 0 spiro atoms. The van der Waals surface area contributed by atoms with Gasteiger partial charge in [0.1, 0.15) is 17.8 Å². The quantitative estimate of drug-likeness (QED) is 0.397. The Morgan fingerprint density at radius 2 is 2.15 bits per heavy atom. The summed E-state index contributed by atoms with van der Waals surface area (Å²) in [5, 5.41) is 21.6. The summed E-state index contributed by atoms with van der Waals surface area (Å²) in [5.74, 6) is 0.624. The van der Waals surface area contributed by atoms with E-state index >= 15 is 4.39 Å². The first-order valence-corrected chi connectivity index (χ1v) is 11.1. The number of nitrogens with one attached hydrogen (secondary N) is 3. The minimum absolute atomic E-state index is 0.0727. The Morgan fingerprint density at radius 3 is 2.91 bits per heavy atom. The summed E-state index contributed by atoms with van der Waals surface area (Å²) >= 11 is 0. The lowest BCUT2D eigenvalue weighted by Crippen LogP contribution is -2.36. The first kappa shape index (κ1) is 21.9. The minimum Gasteiger partial charge on any atom is -0.443 e. The summed E-state index contributed by atoms with van der Waals surface area (Å²) in [5.41, 5.74) is 2.95. The third kappa shape index (κ3) is 4.30. The monoisotopic (exact) mass is 467 g/mol. The second-order valence-corrected chi connectivity index (χ2v) is 8.74. The Bertz CT molecular complexity index is 1310. The number of ether oxygens (including phenoxy) is 1. The van der Waals surface area contributed by atoms with E-state index in [2.05, 4.69) is 31.0 Å². The molecule has 1 aliphatic rings. The van der Waals surface area contributed by atoms with Gasteiger partial charge in [-0.25, -0.2) is 18.7 Å². The van der Waals surface area contributed by atoms with Crippen molar-refractivity contribution in [2.75, 3.05) is 5.32 Å². The standard InChI is InChI=1S/C22H26FN9O2/c1-12(2)26-22(33)34-18-5-4-14(20(18)23)15-8-19(30-29-15)28-21-17-6-7-24-32(17)11-16(27-21)13-9-25-31(3)10-13/h6-12,14,18,20H,4-5H2,1-3H3,(H,26,33)(H2,27,28,29,30)/t14-,18-,20+/m1/s1. The van der Waals surface area contributed by atoms with E-state index < -0.39 is 24.3 Å². The van der Waals surface area contributed by atoms with E-state index in [4.69, 9.17) is 9.72 Å². The highest BCUT2D eigenvalue weighted by molar-refractivity contribution is 5.75. The van der Waals surface area contributed by atoms with Crippen LogP contribution in [-0.4, -0.2) is 59.0 Å². The van der Waals surface area contributed by atoms with E-state index in [1.54, 1.807) is 27.7 Å². The molecule has 178 valence electrons. The van der Waals surface area contributed by atoms with Gasteiger partial charge in [-0.3, -0.25) is 9.78 Å². The third-order valence-corrected chi connectivity index (χ3v) is 5.80. The zero-order valence-electron chi connectivity index (χ0n) is 19.1. The molecule has 12 heteroatoms. The molecule has 0 aromatic carbocycles. The fourth-order valence-corrected chi connectivity index (χ4v) is 4.20. The molecule has 4 aromatic heterocycles. The molecule has 34 heavy (non-hydrogen) atoms. The number of alkyl carbamates (subject to hydrolysis) is 1. The van der Waals surface area contributed by atoms with Gasteiger partial charge in [-0.15, -0.1) is 0 Å². The Hall–Kier alpha value is -3.96. The Kier molecular flexibility index (Phi) is 5.64. The second-order valence-electron chi connectivity index (χ2n) is 8.74. The van der Waals surface area contributed by atoms with Crippen LogP contribution in [-0.2, 0) is 11.8 Å². The van der Waals surface area contributed by atoms with Crippen LogP contribution >= 0.6 is 0 Å². The van der Waals surface area contributed by atoms with Crippen molar-refractivity contribution in [2.45, 2.75) is 50.9 Å². The molecule has 3 atom stereocenters. The minimum atomic E-state index is -1.32. The van der Waals surface area contributed by atoms with Crippen LogP contribution in [0.2, 0.25) is 0 Å². The highest BCUT2D eigenvalue weighted by Crippen LogP contribution is 2.38. The van der Waals surface area contributed by atoms with Gasteiger partial charge in [-0.05, 0) is 32.8 Å². The molecular weight excluding hydrogens is 441 g/mol. The van der Waals surface area contributed by atoms with E-state index in [1.807, 2.05) is 39.4 Å². The first-order valence-electron chi connectivity index (χ1n) is 11.1. The maximum absolute atomic E-state index is 15.1. The fraction of sp³-hybridized carbons (Fsp3) is 0.409. The van der Waals surface area contributed by atoms with E-state index in [-0.39, 0.29) is 6.04 Å². The lowest BCUT2D eigenvalue weighted by molar-refractivity contribution is 0.0555. The number of anilines is 2. The van der Waals surface area contributed by atoms with Crippen LogP contribution in [0.15, 0.2) is 36.9 Å². The number of hydrogen-bond acceptors (Lipinski definition) is 7. The molecule has 1 saturated carbocycles. The number of aryl methyl sites for hydroxylation is 1. The van der Waals surface area contributed by atoms with E-state index in [0.29, 0.717) is 35.9 Å². The van der Waals surface area contributed by atoms with Crippen molar-refractivity contribution in [3.8, 4) is 11.3 Å². The molecule has 1 amide bonds. The molecular formula is C22H26FN9O2. The van der Waals surface area contributed by atoms with Gasteiger partial charge < -0.3 is 15.4 Å². The number of fused-ring (bicyclic) bond motifs is 1. The predicted molar refractivity (Wildman–Crippen MR) is 122 cm³/mol. The van der Waals surface area contributed by atoms with Crippen molar-refractivity contribution in [1.82, 2.24) is 39.9 Å². The highest BCUT2D eigenvalue weighted by atomic mass is 19.1. The number of amides is 1. The molecule has 0 bridgehead atoms. The van der Waals surface area contributed by atoms with Gasteiger partial charge in [-0.1, -0.05) is 0 Å². The lowest BCUT2D eigenvalue weighted by Gasteiger charge is -2.18. The highest BCUT2D eigenvalue weighted by Gasteiger charge is 2.40. The van der Waals surface area contributed by atoms with Crippen LogP contribution < -0.4 is 10.6 Å². The molecule has 0 aliphatic heterocycles. The topological polar surface area (TPSA) is 127 Å². The van der Waals surface area contributed by atoms with Crippen molar-refractivity contribution in [3.63, 3.8) is 0 Å². The number of alkyl halides is 1. The SMILES string of the molecule is CC(C)NC(=O)O[C@@H]1CC[C@H](c2cc(Nc3nc(-c4cnn(C)c4)cn4nccc34)n[nH]2)[C@@H]1F. The number of nitrogens with zero attached hydrogens (tertiary/aromatic N) is 6. The lowest BCUT2D eigenvalue weighted by atomic mass is 10.0. The van der Waals surface area contributed by atoms with Crippen LogP contribution in [0, 0.1) is 0 Å². The van der Waals surface area contributed by atoms with Crippen molar-refractivity contribution in [2.24, 2.45) is 7.05 Å². The van der Waals surface area contributed by atoms with Gasteiger partial charge in [0.2, 0.25) is 0 Å². The normalized spacial score (nSPS) is 20.2. The summed E-state index contributed by atoms with van der Waals surface area (Å²) in [7, 11) is 1.84. The summed E-state index contributed by atoms with van der Waals surface area (Å²) in [6.07, 6.45) is 5.41. The zero-order valence-corrected chi connectivity index (χ0v) is 19.1. The van der Waals surface area contributed by atoms with Crippen molar-refractivity contribution < 1.29 is 13.9 Å². The number of carbonyl (C=O) groups is 1. The number of aromatic nitrogens is 7. The summed E-state index contributed by atoms with van der Waals surface area (Å²) in [6.45, 7) is 3.65. The van der Waals surface area contributed by atoms with E-state index in [0.717, 1.165) is 11.1 Å². The van der Waals surface area contributed by atoms with Crippen molar-refractivity contribution in [3.05, 3.63) is 42.6 Å². The number of hydrogen-bond donors (Lipinski definition) is 3. The molecule has 0 radical (unpaired) electrons. The summed E-state index contributed by atoms with van der Waals surface area (Å²) in [6, 6.07) is 3.53. The average molecular weight is 468 g/mol. The van der Waals surface area contributed by atoms with Gasteiger partial charge in [-0.2, -0.15) is 15.3 Å². The maximum Gasteiger partial charge on any atom is 0.407 e. The van der Waals surface area contributed by atoms with Crippen LogP contribution in [0.5, 0.6) is 0 Å². The smallest absolute Gasteiger partial charge is 0.407 e. The molecule has 4 heterocycles. The van der Waals surface area contributed by atoms with Gasteiger partial charge in [0.25, 0.3) is 0 Å². The Labute approximate surface area is 194 Å². The third-order valence-electron chi connectivity index (χ3n) is 5.80. The van der Waals surface area contributed by atoms with E-state index in [1.165, 1.54) is 0 Å². The average Bonchev–Trinajstić information content (AvgIpc) is 3.56. The molecule has 0 saturated heterocycles. The Balaban J connectivity index is 1.33. The molecule has 3 N–H and O–H groups in total. The van der Waals surface area contributed by atoms with Crippen LogP contribution in [0.4, 0.5) is 20.8 Å². The van der Waals surface area contributed by atoms with Crippen molar-refractivity contribution in [1.29, 1.82) is 0 Å². The number of aromatic amines is 1. The van der Waals surface area contributed by atoms with Crippen LogP contribution in [0.3, 0.4) is 0 Å². The summed E-state index contributed by atoms with van der Waals surface area (Å²) < 4.78 is 23.8. The molecule has 0 unspecified atom stereocenters. The number of H-pyrrole nitrogens is 1. The predicted octanol–water partition coefficient (Wildman–Crippen LogP) is 3.32. The maximum atomic E-state index is 15.1. The van der Waals surface area contributed by atoms with Crippen LogP contribution in [0.1, 0.15) is 38.3 Å². The van der Waals surface area contributed by atoms with Gasteiger partial charge in [0.15, 0.2) is 11.6 Å². The number of halogens is 1. The first-order chi connectivity index (χ1) is 16.4.